The maximum atomic E-state index is 9.38. The molecule has 74 valence electrons. The lowest BCUT2D eigenvalue weighted by Crippen LogP contribution is -2.38. The number of aliphatic hydroxyl groups excluding tert-OH is 1. The van der Waals surface area contributed by atoms with E-state index in [9.17, 15) is 5.11 Å². The van der Waals surface area contributed by atoms with Gasteiger partial charge in [0.05, 0.1) is 18.7 Å². The van der Waals surface area contributed by atoms with E-state index in [4.69, 9.17) is 0 Å². The van der Waals surface area contributed by atoms with E-state index in [-0.39, 0.29) is 12.1 Å². The van der Waals surface area contributed by atoms with Crippen molar-refractivity contribution in [3.8, 4) is 0 Å². The molecule has 3 heteroatoms. The highest BCUT2D eigenvalue weighted by Gasteiger charge is 2.21. The van der Waals surface area contributed by atoms with Crippen LogP contribution in [0.25, 0.3) is 0 Å². The minimum absolute atomic E-state index is 0.0604. The van der Waals surface area contributed by atoms with E-state index < -0.39 is 0 Å². The first kappa shape index (κ1) is 9.21. The van der Waals surface area contributed by atoms with Crippen molar-refractivity contribution in [2.75, 3.05) is 6.54 Å². The van der Waals surface area contributed by atoms with E-state index in [1.54, 1.807) is 6.92 Å². The number of hydrogen-bond acceptors (Lipinski definition) is 3. The Kier molecular flexibility index (Phi) is 2.50. The maximum Gasteiger partial charge on any atom is 0.128 e. The standard InChI is InChI=1S/C11H14N2O/c1-8(14)10-7-12-11(13-10)9-5-3-2-4-6-9/h2-6,8,10,14H,7H2,1H3,(H,12,13). The van der Waals surface area contributed by atoms with E-state index in [0.717, 1.165) is 11.4 Å². The molecule has 1 aromatic carbocycles. The topological polar surface area (TPSA) is 44.6 Å². The summed E-state index contributed by atoms with van der Waals surface area (Å²) < 4.78 is 0. The zero-order valence-electron chi connectivity index (χ0n) is 8.14. The highest BCUT2D eigenvalue weighted by Crippen LogP contribution is 2.07. The molecule has 1 heterocycles. The molecule has 0 amide bonds. The van der Waals surface area contributed by atoms with Crippen molar-refractivity contribution in [1.82, 2.24) is 5.32 Å². The van der Waals surface area contributed by atoms with Crippen molar-refractivity contribution < 1.29 is 5.11 Å². The summed E-state index contributed by atoms with van der Waals surface area (Å²) in [6, 6.07) is 10.0. The van der Waals surface area contributed by atoms with Crippen LogP contribution < -0.4 is 5.32 Å². The van der Waals surface area contributed by atoms with Gasteiger partial charge in [0.15, 0.2) is 0 Å². The van der Waals surface area contributed by atoms with Crippen molar-refractivity contribution in [3.63, 3.8) is 0 Å². The van der Waals surface area contributed by atoms with Gasteiger partial charge >= 0.3 is 0 Å². The predicted octanol–water partition coefficient (Wildman–Crippen LogP) is 0.786. The summed E-state index contributed by atoms with van der Waals surface area (Å²) in [5.74, 6) is 0.886. The zero-order valence-corrected chi connectivity index (χ0v) is 8.14. The molecule has 0 fully saturated rings. The normalized spacial score (nSPS) is 22.7. The van der Waals surface area contributed by atoms with Crippen LogP contribution in [0, 0.1) is 0 Å². The lowest BCUT2D eigenvalue weighted by Gasteiger charge is -2.14. The summed E-state index contributed by atoms with van der Waals surface area (Å²) in [6.45, 7) is 2.43. The van der Waals surface area contributed by atoms with Gasteiger partial charge in [-0.15, -0.1) is 0 Å². The number of rotatable bonds is 2. The second-order valence-electron chi connectivity index (χ2n) is 3.55. The van der Waals surface area contributed by atoms with Crippen LogP contribution >= 0.6 is 0 Å². The van der Waals surface area contributed by atoms with Crippen LogP contribution in [0.5, 0.6) is 0 Å². The summed E-state index contributed by atoms with van der Waals surface area (Å²) in [6.07, 6.45) is -0.361. The van der Waals surface area contributed by atoms with Crippen molar-refractivity contribution in [2.24, 2.45) is 4.99 Å². The van der Waals surface area contributed by atoms with Crippen molar-refractivity contribution in [3.05, 3.63) is 35.9 Å². The van der Waals surface area contributed by atoms with Gasteiger partial charge in [-0.25, -0.2) is 0 Å². The number of nitrogens with zero attached hydrogens (tertiary/aromatic N) is 1. The zero-order chi connectivity index (χ0) is 9.97. The molecule has 2 rings (SSSR count). The molecule has 2 N–H and O–H groups in total. The van der Waals surface area contributed by atoms with Gasteiger partial charge in [0, 0.05) is 5.56 Å². The minimum atomic E-state index is -0.361. The van der Waals surface area contributed by atoms with Crippen LogP contribution in [0.15, 0.2) is 35.3 Å². The summed E-state index contributed by atoms with van der Waals surface area (Å²) in [5.41, 5.74) is 1.08. The third-order valence-electron chi connectivity index (χ3n) is 2.40. The van der Waals surface area contributed by atoms with E-state index in [2.05, 4.69) is 10.3 Å². The van der Waals surface area contributed by atoms with Crippen LogP contribution in [0.3, 0.4) is 0 Å². The Bertz CT molecular complexity index is 332. The fourth-order valence-electron chi connectivity index (χ4n) is 1.50. The van der Waals surface area contributed by atoms with Crippen molar-refractivity contribution >= 4 is 5.84 Å². The van der Waals surface area contributed by atoms with Crippen LogP contribution in [0.1, 0.15) is 12.5 Å². The predicted molar refractivity (Wildman–Crippen MR) is 56.5 cm³/mol. The Morgan fingerprint density at radius 1 is 1.43 bits per heavy atom. The van der Waals surface area contributed by atoms with E-state index in [1.165, 1.54) is 0 Å². The Morgan fingerprint density at radius 2 is 2.14 bits per heavy atom. The second-order valence-corrected chi connectivity index (χ2v) is 3.55. The number of aliphatic imine (C=N–C) groups is 1. The summed E-state index contributed by atoms with van der Waals surface area (Å²) in [4.78, 5) is 4.35. The molecule has 1 aromatic rings. The molecular formula is C11H14N2O. The van der Waals surface area contributed by atoms with Crippen LogP contribution in [0.2, 0.25) is 0 Å². The number of hydrogen-bond donors (Lipinski definition) is 2. The molecule has 3 nitrogen and oxygen atoms in total. The molecule has 2 unspecified atom stereocenters. The van der Waals surface area contributed by atoms with E-state index >= 15 is 0 Å². The molecule has 2 atom stereocenters. The second kappa shape index (κ2) is 3.80. The third-order valence-corrected chi connectivity index (χ3v) is 2.40. The molecule has 1 aliphatic rings. The number of amidine groups is 1. The van der Waals surface area contributed by atoms with Crippen LogP contribution in [0.4, 0.5) is 0 Å². The average molecular weight is 190 g/mol. The summed E-state index contributed by atoms with van der Waals surface area (Å²) >= 11 is 0. The molecule has 0 aliphatic carbocycles. The van der Waals surface area contributed by atoms with E-state index in [0.29, 0.717) is 6.54 Å². The fourth-order valence-corrected chi connectivity index (χ4v) is 1.50. The summed E-state index contributed by atoms with van der Waals surface area (Å²) in [5, 5.41) is 12.6. The molecule has 0 saturated carbocycles. The van der Waals surface area contributed by atoms with Gasteiger partial charge in [-0.2, -0.15) is 0 Å². The Morgan fingerprint density at radius 3 is 2.71 bits per heavy atom. The minimum Gasteiger partial charge on any atom is -0.391 e. The first-order chi connectivity index (χ1) is 6.77. The third kappa shape index (κ3) is 1.77. The van der Waals surface area contributed by atoms with Crippen LogP contribution in [-0.2, 0) is 0 Å². The highest BCUT2D eigenvalue weighted by molar-refractivity contribution is 6.00. The van der Waals surface area contributed by atoms with Gasteiger partial charge in [-0.1, -0.05) is 30.3 Å². The lowest BCUT2D eigenvalue weighted by molar-refractivity contribution is 0.162. The van der Waals surface area contributed by atoms with Crippen molar-refractivity contribution in [2.45, 2.75) is 19.1 Å². The highest BCUT2D eigenvalue weighted by atomic mass is 16.3. The SMILES string of the molecule is CC(O)C1CN=C(c2ccccc2)N1. The molecular weight excluding hydrogens is 176 g/mol. The number of nitrogens with one attached hydrogen (secondary N) is 1. The molecule has 0 radical (unpaired) electrons. The van der Waals surface area contributed by atoms with Crippen molar-refractivity contribution in [1.29, 1.82) is 0 Å². The smallest absolute Gasteiger partial charge is 0.128 e. The maximum absolute atomic E-state index is 9.38. The Labute approximate surface area is 83.5 Å². The largest absolute Gasteiger partial charge is 0.391 e. The Hall–Kier alpha value is -1.35. The van der Waals surface area contributed by atoms with Gasteiger partial charge in [0.25, 0.3) is 0 Å². The Balaban J connectivity index is 2.09. The molecule has 0 saturated heterocycles. The molecule has 14 heavy (non-hydrogen) atoms. The lowest BCUT2D eigenvalue weighted by atomic mass is 10.2. The van der Waals surface area contributed by atoms with Crippen LogP contribution in [-0.4, -0.2) is 29.6 Å². The first-order valence-electron chi connectivity index (χ1n) is 4.82. The number of benzene rings is 1. The quantitative estimate of drug-likeness (QED) is 0.724. The van der Waals surface area contributed by atoms with Gasteiger partial charge in [-0.3, -0.25) is 4.99 Å². The van der Waals surface area contributed by atoms with E-state index in [1.807, 2.05) is 30.3 Å². The fraction of sp³-hybridized carbons (Fsp3) is 0.364. The van der Waals surface area contributed by atoms with Gasteiger partial charge in [0.1, 0.15) is 5.84 Å². The van der Waals surface area contributed by atoms with Gasteiger partial charge in [0.2, 0.25) is 0 Å². The summed E-state index contributed by atoms with van der Waals surface area (Å²) in [7, 11) is 0. The monoisotopic (exact) mass is 190 g/mol. The van der Waals surface area contributed by atoms with Gasteiger partial charge in [-0.05, 0) is 6.92 Å². The number of aliphatic hydroxyl groups is 1. The average Bonchev–Trinajstić information content (AvgIpc) is 2.68. The van der Waals surface area contributed by atoms with Gasteiger partial charge < -0.3 is 10.4 Å². The molecule has 1 aliphatic heterocycles. The molecule has 0 aromatic heterocycles. The molecule has 0 bridgehead atoms. The first-order valence-corrected chi connectivity index (χ1v) is 4.82. The molecule has 0 spiro atoms.